The third-order valence-corrected chi connectivity index (χ3v) is 4.00. The molecule has 6 heteroatoms. The number of rotatable bonds is 4. The summed E-state index contributed by atoms with van der Waals surface area (Å²) in [5.74, 6) is 0.685. The van der Waals surface area contributed by atoms with Gasteiger partial charge in [0.15, 0.2) is 6.61 Å². The number of hydrogen-bond acceptors (Lipinski definition) is 3. The molecule has 0 aliphatic carbocycles. The molecule has 1 aromatic carbocycles. The van der Waals surface area contributed by atoms with Crippen LogP contribution in [0.2, 0.25) is 0 Å². The second kappa shape index (κ2) is 6.09. The van der Waals surface area contributed by atoms with Gasteiger partial charge in [-0.3, -0.25) is 14.7 Å². The third kappa shape index (κ3) is 2.77. The van der Waals surface area contributed by atoms with E-state index in [0.717, 1.165) is 29.0 Å². The zero-order valence-corrected chi connectivity index (χ0v) is 12.5. The highest BCUT2D eigenvalue weighted by molar-refractivity contribution is 5.78. The van der Waals surface area contributed by atoms with Gasteiger partial charge in [-0.05, 0) is 24.5 Å². The Labute approximate surface area is 128 Å². The van der Waals surface area contributed by atoms with Crippen molar-refractivity contribution in [3.8, 4) is 5.75 Å². The summed E-state index contributed by atoms with van der Waals surface area (Å²) in [6.45, 7) is 3.04. The molecule has 1 aliphatic rings. The highest BCUT2D eigenvalue weighted by Crippen LogP contribution is 2.19. The average Bonchev–Trinajstić information content (AvgIpc) is 2.93. The van der Waals surface area contributed by atoms with Crippen LogP contribution in [0.25, 0.3) is 0 Å². The van der Waals surface area contributed by atoms with E-state index in [1.165, 1.54) is 0 Å². The van der Waals surface area contributed by atoms with Crippen molar-refractivity contribution < 1.29 is 9.53 Å². The van der Waals surface area contributed by atoms with Crippen molar-refractivity contribution in [2.45, 2.75) is 26.3 Å². The number of ether oxygens (including phenoxy) is 1. The lowest BCUT2D eigenvalue weighted by molar-refractivity contribution is -0.134. The molecular weight excluding hydrogens is 282 g/mol. The van der Waals surface area contributed by atoms with E-state index in [9.17, 15) is 9.59 Å². The Kier molecular flexibility index (Phi) is 4.00. The van der Waals surface area contributed by atoms with Crippen molar-refractivity contribution in [3.63, 3.8) is 0 Å². The molecule has 0 fully saturated rings. The van der Waals surface area contributed by atoms with Crippen molar-refractivity contribution in [3.05, 3.63) is 51.4 Å². The number of carbonyl (C=O) groups is 1. The second-order valence-electron chi connectivity index (χ2n) is 5.35. The van der Waals surface area contributed by atoms with Gasteiger partial charge in [0.25, 0.3) is 11.5 Å². The summed E-state index contributed by atoms with van der Waals surface area (Å²) in [5.41, 5.74) is 2.54. The van der Waals surface area contributed by atoms with E-state index in [1.54, 1.807) is 4.90 Å². The van der Waals surface area contributed by atoms with Crippen molar-refractivity contribution in [2.24, 2.45) is 0 Å². The molecule has 0 unspecified atom stereocenters. The highest BCUT2D eigenvalue weighted by atomic mass is 16.5. The fraction of sp³-hybridized carbons (Fsp3) is 0.375. The van der Waals surface area contributed by atoms with E-state index in [1.807, 2.05) is 24.3 Å². The number of carbonyl (C=O) groups excluding carboxylic acids is 1. The molecule has 6 nitrogen and oxygen atoms in total. The fourth-order valence-corrected chi connectivity index (χ4v) is 2.72. The molecule has 2 heterocycles. The van der Waals surface area contributed by atoms with Crippen LogP contribution < -0.4 is 10.3 Å². The Morgan fingerprint density at radius 3 is 2.95 bits per heavy atom. The van der Waals surface area contributed by atoms with Crippen LogP contribution in [-0.2, 0) is 24.2 Å². The lowest BCUT2D eigenvalue weighted by atomic mass is 10.1. The highest BCUT2D eigenvalue weighted by Gasteiger charge is 2.24. The van der Waals surface area contributed by atoms with E-state index in [4.69, 9.17) is 4.74 Å². The molecule has 1 aliphatic heterocycles. The molecule has 0 spiro atoms. The molecule has 1 amide bonds. The maximum absolute atomic E-state index is 12.3. The normalized spacial score (nSPS) is 13.8. The van der Waals surface area contributed by atoms with Crippen LogP contribution in [0.1, 0.15) is 23.7 Å². The number of fused-ring (bicyclic) bond motifs is 1. The van der Waals surface area contributed by atoms with Crippen LogP contribution in [0, 0.1) is 0 Å². The first-order chi connectivity index (χ1) is 10.7. The Balaban J connectivity index is 1.62. The Hall–Kier alpha value is -2.50. The summed E-state index contributed by atoms with van der Waals surface area (Å²) in [6, 6.07) is 7.74. The van der Waals surface area contributed by atoms with Gasteiger partial charge in [0.1, 0.15) is 5.75 Å². The minimum atomic E-state index is -0.0878. The number of hydrogen-bond donors (Lipinski definition) is 2. The topological polar surface area (TPSA) is 78.2 Å². The number of aromatic nitrogens is 2. The maximum Gasteiger partial charge on any atom is 0.267 e. The number of nitrogens with zero attached hydrogens (tertiary/aromatic N) is 1. The van der Waals surface area contributed by atoms with Crippen LogP contribution in [-0.4, -0.2) is 34.2 Å². The van der Waals surface area contributed by atoms with E-state index in [0.29, 0.717) is 19.5 Å². The molecule has 2 aromatic rings. The largest absolute Gasteiger partial charge is 0.483 e. The molecule has 1 aromatic heterocycles. The van der Waals surface area contributed by atoms with E-state index < -0.39 is 0 Å². The van der Waals surface area contributed by atoms with Crippen molar-refractivity contribution in [2.75, 3.05) is 13.2 Å². The predicted octanol–water partition coefficient (Wildman–Crippen LogP) is 1.23. The van der Waals surface area contributed by atoms with E-state index in [-0.39, 0.29) is 18.1 Å². The molecule has 116 valence electrons. The molecule has 3 rings (SSSR count). The molecular formula is C16H19N3O3. The standard InChI is InChI=1S/C16H19N3O3/c1-2-11-5-3-4-6-14(11)22-10-15(20)19-8-7-12-13(9-19)17-18-16(12)21/h3-6H,2,7-10H2,1H3,(H2,17,18,21). The molecule has 0 saturated heterocycles. The Morgan fingerprint density at radius 1 is 1.32 bits per heavy atom. The van der Waals surface area contributed by atoms with Gasteiger partial charge >= 0.3 is 0 Å². The second-order valence-corrected chi connectivity index (χ2v) is 5.35. The number of benzene rings is 1. The lowest BCUT2D eigenvalue weighted by Gasteiger charge is -2.26. The zero-order chi connectivity index (χ0) is 15.5. The molecule has 2 N–H and O–H groups in total. The summed E-state index contributed by atoms with van der Waals surface area (Å²) in [6.07, 6.45) is 1.44. The van der Waals surface area contributed by atoms with E-state index in [2.05, 4.69) is 17.1 Å². The molecule has 0 radical (unpaired) electrons. The fourth-order valence-electron chi connectivity index (χ4n) is 2.72. The maximum atomic E-state index is 12.3. The minimum absolute atomic E-state index is 0.0149. The summed E-state index contributed by atoms with van der Waals surface area (Å²) in [4.78, 5) is 25.5. The van der Waals surface area contributed by atoms with Crippen molar-refractivity contribution in [1.82, 2.24) is 15.1 Å². The Bertz CT molecular complexity index is 732. The number of para-hydroxylation sites is 1. The predicted molar refractivity (Wildman–Crippen MR) is 81.8 cm³/mol. The van der Waals surface area contributed by atoms with E-state index >= 15 is 0 Å². The van der Waals surface area contributed by atoms with Gasteiger partial charge in [-0.1, -0.05) is 25.1 Å². The van der Waals surface area contributed by atoms with Crippen LogP contribution in [0.5, 0.6) is 5.75 Å². The summed E-state index contributed by atoms with van der Waals surface area (Å²) >= 11 is 0. The van der Waals surface area contributed by atoms with Gasteiger partial charge in [0.05, 0.1) is 12.2 Å². The van der Waals surface area contributed by atoms with Crippen molar-refractivity contribution in [1.29, 1.82) is 0 Å². The van der Waals surface area contributed by atoms with Gasteiger partial charge in [-0.15, -0.1) is 0 Å². The van der Waals surface area contributed by atoms with Gasteiger partial charge in [-0.25, -0.2) is 0 Å². The number of aromatic amines is 2. The number of aryl methyl sites for hydroxylation is 1. The van der Waals surface area contributed by atoms with Crippen molar-refractivity contribution >= 4 is 5.91 Å². The van der Waals surface area contributed by atoms with Gasteiger partial charge in [0, 0.05) is 12.1 Å². The zero-order valence-electron chi connectivity index (χ0n) is 12.5. The first kappa shape index (κ1) is 14.4. The van der Waals surface area contributed by atoms with Gasteiger partial charge < -0.3 is 14.7 Å². The molecule has 0 saturated carbocycles. The molecule has 0 bridgehead atoms. The monoisotopic (exact) mass is 301 g/mol. The van der Waals surface area contributed by atoms with Crippen LogP contribution in [0.4, 0.5) is 0 Å². The quantitative estimate of drug-likeness (QED) is 0.891. The third-order valence-electron chi connectivity index (χ3n) is 4.00. The van der Waals surface area contributed by atoms with Gasteiger partial charge in [-0.2, -0.15) is 0 Å². The number of H-pyrrole nitrogens is 2. The SMILES string of the molecule is CCc1ccccc1OCC(=O)N1CCc2c([nH][nH]c2=O)C1. The average molecular weight is 301 g/mol. The van der Waals surface area contributed by atoms with Crippen LogP contribution in [0.3, 0.4) is 0 Å². The molecule has 22 heavy (non-hydrogen) atoms. The van der Waals surface area contributed by atoms with Crippen LogP contribution >= 0.6 is 0 Å². The number of nitrogens with one attached hydrogen (secondary N) is 2. The minimum Gasteiger partial charge on any atom is -0.483 e. The first-order valence-corrected chi connectivity index (χ1v) is 7.46. The molecule has 0 atom stereocenters. The van der Waals surface area contributed by atoms with Crippen LogP contribution in [0.15, 0.2) is 29.1 Å². The Morgan fingerprint density at radius 2 is 2.14 bits per heavy atom. The summed E-state index contributed by atoms with van der Waals surface area (Å²) < 4.78 is 5.67. The lowest BCUT2D eigenvalue weighted by Crippen LogP contribution is -2.39. The summed E-state index contributed by atoms with van der Waals surface area (Å²) in [5, 5.41) is 5.39. The smallest absolute Gasteiger partial charge is 0.267 e. The number of amides is 1. The summed E-state index contributed by atoms with van der Waals surface area (Å²) in [7, 11) is 0. The first-order valence-electron chi connectivity index (χ1n) is 7.46. The van der Waals surface area contributed by atoms with Gasteiger partial charge in [0.2, 0.25) is 0 Å².